The van der Waals surface area contributed by atoms with E-state index in [1.165, 1.54) is 36.6 Å². The molecule has 0 radical (unpaired) electrons. The summed E-state index contributed by atoms with van der Waals surface area (Å²) in [5.41, 5.74) is 4.19. The summed E-state index contributed by atoms with van der Waals surface area (Å²) >= 11 is 1.32. The molecule has 5 heteroatoms. The average Bonchev–Trinajstić information content (AvgIpc) is 2.71. The molecule has 0 aliphatic heterocycles. The number of nitriles is 1. The molecule has 1 spiro atoms. The highest BCUT2D eigenvalue weighted by atomic mass is 32.2. The third-order valence-electron chi connectivity index (χ3n) is 5.88. The van der Waals surface area contributed by atoms with Crippen molar-refractivity contribution in [1.82, 2.24) is 9.55 Å². The third kappa shape index (κ3) is 3.02. The number of hydrogen-bond acceptors (Lipinski definition) is 4. The first-order valence-electron chi connectivity index (χ1n) is 9.54. The SMILES string of the molecule is C=CCn1c(SCC#N)nc2c(c1=O)CC1(CCCCC1)c1ccccc1-2. The Kier molecular flexibility index (Phi) is 4.92. The van der Waals surface area contributed by atoms with E-state index in [4.69, 9.17) is 10.2 Å². The molecule has 4 nitrogen and oxygen atoms in total. The van der Waals surface area contributed by atoms with Gasteiger partial charge in [0.05, 0.1) is 17.5 Å². The normalized spacial score (nSPS) is 17.0. The number of allylic oxidation sites excluding steroid dienone is 1. The first-order valence-corrected chi connectivity index (χ1v) is 10.5. The molecule has 2 aliphatic carbocycles. The molecule has 138 valence electrons. The van der Waals surface area contributed by atoms with Crippen LogP contribution in [0.4, 0.5) is 0 Å². The van der Waals surface area contributed by atoms with Gasteiger partial charge < -0.3 is 0 Å². The predicted molar refractivity (Wildman–Crippen MR) is 109 cm³/mol. The number of aromatic nitrogens is 2. The van der Waals surface area contributed by atoms with Gasteiger partial charge in [-0.05, 0) is 24.8 Å². The van der Waals surface area contributed by atoms with Crippen LogP contribution in [0.1, 0.15) is 43.2 Å². The van der Waals surface area contributed by atoms with Gasteiger partial charge in [-0.1, -0.05) is 61.4 Å². The van der Waals surface area contributed by atoms with Crippen LogP contribution in [0.15, 0.2) is 46.9 Å². The van der Waals surface area contributed by atoms with E-state index in [2.05, 4.69) is 30.8 Å². The largest absolute Gasteiger partial charge is 0.283 e. The third-order valence-corrected chi connectivity index (χ3v) is 6.73. The van der Waals surface area contributed by atoms with Gasteiger partial charge in [0.15, 0.2) is 5.16 Å². The highest BCUT2D eigenvalue weighted by Crippen LogP contribution is 2.49. The molecule has 1 fully saturated rings. The number of benzene rings is 1. The van der Waals surface area contributed by atoms with E-state index in [1.807, 2.05) is 6.07 Å². The molecule has 0 amide bonds. The van der Waals surface area contributed by atoms with Crippen LogP contribution in [0.3, 0.4) is 0 Å². The van der Waals surface area contributed by atoms with Crippen LogP contribution in [0.5, 0.6) is 0 Å². The van der Waals surface area contributed by atoms with E-state index in [1.54, 1.807) is 10.6 Å². The Morgan fingerprint density at radius 1 is 1.30 bits per heavy atom. The van der Waals surface area contributed by atoms with E-state index in [0.717, 1.165) is 36.1 Å². The van der Waals surface area contributed by atoms with Crippen molar-refractivity contribution in [3.05, 3.63) is 58.4 Å². The zero-order valence-corrected chi connectivity index (χ0v) is 16.2. The summed E-state index contributed by atoms with van der Waals surface area (Å²) in [7, 11) is 0. The topological polar surface area (TPSA) is 58.7 Å². The van der Waals surface area contributed by atoms with E-state index < -0.39 is 0 Å². The highest BCUT2D eigenvalue weighted by molar-refractivity contribution is 7.99. The number of nitrogens with zero attached hydrogens (tertiary/aromatic N) is 3. The van der Waals surface area contributed by atoms with Gasteiger partial charge in [0.2, 0.25) is 0 Å². The van der Waals surface area contributed by atoms with Crippen molar-refractivity contribution in [2.24, 2.45) is 0 Å². The van der Waals surface area contributed by atoms with Gasteiger partial charge in [-0.15, -0.1) is 6.58 Å². The van der Waals surface area contributed by atoms with Gasteiger partial charge in [0, 0.05) is 23.1 Å². The monoisotopic (exact) mass is 377 g/mol. The Labute approximate surface area is 163 Å². The number of thioether (sulfide) groups is 1. The lowest BCUT2D eigenvalue weighted by atomic mass is 9.62. The molecule has 1 heterocycles. The molecule has 0 saturated heterocycles. The zero-order valence-electron chi connectivity index (χ0n) is 15.4. The molecule has 27 heavy (non-hydrogen) atoms. The highest BCUT2D eigenvalue weighted by Gasteiger charge is 2.41. The van der Waals surface area contributed by atoms with Gasteiger partial charge >= 0.3 is 0 Å². The molecule has 0 atom stereocenters. The second kappa shape index (κ2) is 7.36. The zero-order chi connectivity index (χ0) is 18.9. The van der Waals surface area contributed by atoms with Crippen molar-refractivity contribution in [3.63, 3.8) is 0 Å². The van der Waals surface area contributed by atoms with Crippen LogP contribution in [-0.2, 0) is 18.4 Å². The first kappa shape index (κ1) is 18.1. The lowest BCUT2D eigenvalue weighted by Gasteiger charge is -2.42. The average molecular weight is 378 g/mol. The molecule has 4 rings (SSSR count). The van der Waals surface area contributed by atoms with E-state index >= 15 is 0 Å². The second-order valence-electron chi connectivity index (χ2n) is 7.44. The molecule has 0 unspecified atom stereocenters. The Hall–Kier alpha value is -2.32. The Bertz CT molecular complexity index is 980. The van der Waals surface area contributed by atoms with Gasteiger partial charge in [0.1, 0.15) is 0 Å². The summed E-state index contributed by atoms with van der Waals surface area (Å²) in [5.74, 6) is 0.272. The van der Waals surface area contributed by atoms with Crippen molar-refractivity contribution < 1.29 is 0 Å². The van der Waals surface area contributed by atoms with E-state index in [0.29, 0.717) is 11.7 Å². The quantitative estimate of drug-likeness (QED) is 0.448. The van der Waals surface area contributed by atoms with E-state index in [9.17, 15) is 4.79 Å². The fraction of sp³-hybridized carbons (Fsp3) is 0.409. The second-order valence-corrected chi connectivity index (χ2v) is 8.38. The molecular formula is C22H23N3OS. The summed E-state index contributed by atoms with van der Waals surface area (Å²) in [6, 6.07) is 10.6. The van der Waals surface area contributed by atoms with Crippen molar-refractivity contribution in [2.45, 2.75) is 55.6 Å². The number of rotatable bonds is 4. The van der Waals surface area contributed by atoms with Crippen LogP contribution < -0.4 is 5.56 Å². The lowest BCUT2D eigenvalue weighted by molar-refractivity contribution is 0.286. The maximum absolute atomic E-state index is 13.4. The van der Waals surface area contributed by atoms with Gasteiger partial charge in [-0.25, -0.2) is 4.98 Å². The van der Waals surface area contributed by atoms with Crippen molar-refractivity contribution >= 4 is 11.8 Å². The Morgan fingerprint density at radius 2 is 2.07 bits per heavy atom. The summed E-state index contributed by atoms with van der Waals surface area (Å²) < 4.78 is 1.68. The lowest BCUT2D eigenvalue weighted by Crippen LogP contribution is -2.39. The van der Waals surface area contributed by atoms with Crippen LogP contribution in [0.25, 0.3) is 11.3 Å². The summed E-state index contributed by atoms with van der Waals surface area (Å²) in [5, 5.41) is 9.58. The molecule has 2 aromatic rings. The molecular weight excluding hydrogens is 354 g/mol. The molecule has 1 aromatic carbocycles. The molecule has 0 bridgehead atoms. The van der Waals surface area contributed by atoms with Gasteiger partial charge in [0.25, 0.3) is 5.56 Å². The van der Waals surface area contributed by atoms with Gasteiger partial charge in [-0.2, -0.15) is 5.26 Å². The minimum atomic E-state index is 0.0276. The molecule has 1 saturated carbocycles. The predicted octanol–water partition coefficient (Wildman–Crippen LogP) is 4.47. The maximum atomic E-state index is 13.4. The van der Waals surface area contributed by atoms with Crippen molar-refractivity contribution in [3.8, 4) is 17.3 Å². The standard InChI is InChI=1S/C22H23N3OS/c1-2-13-25-20(26)17-15-22(10-6-3-7-11-22)18-9-5-4-8-16(18)19(17)24-21(25)27-14-12-23/h2,4-5,8-9H,1,3,6-7,10-11,13-15H2. The molecule has 1 aromatic heterocycles. The van der Waals surface area contributed by atoms with Crippen LogP contribution in [0, 0.1) is 11.3 Å². The fourth-order valence-corrected chi connectivity index (χ4v) is 5.38. The first-order chi connectivity index (χ1) is 13.2. The van der Waals surface area contributed by atoms with Gasteiger partial charge in [-0.3, -0.25) is 9.36 Å². The number of hydrogen-bond donors (Lipinski definition) is 0. The maximum Gasteiger partial charge on any atom is 0.258 e. The van der Waals surface area contributed by atoms with Crippen LogP contribution in [-0.4, -0.2) is 15.3 Å². The minimum Gasteiger partial charge on any atom is -0.283 e. The summed E-state index contributed by atoms with van der Waals surface area (Å²) in [4.78, 5) is 18.3. The molecule has 0 N–H and O–H groups in total. The summed E-state index contributed by atoms with van der Waals surface area (Å²) in [6.45, 7) is 4.21. The van der Waals surface area contributed by atoms with Crippen LogP contribution >= 0.6 is 11.8 Å². The Morgan fingerprint density at radius 3 is 2.81 bits per heavy atom. The van der Waals surface area contributed by atoms with E-state index in [-0.39, 0.29) is 16.7 Å². The Balaban J connectivity index is 1.94. The van der Waals surface area contributed by atoms with Crippen LogP contribution in [0.2, 0.25) is 0 Å². The number of fused-ring (bicyclic) bond motifs is 4. The van der Waals surface area contributed by atoms with Crippen molar-refractivity contribution in [2.75, 3.05) is 5.75 Å². The smallest absolute Gasteiger partial charge is 0.258 e. The van der Waals surface area contributed by atoms with Crippen molar-refractivity contribution in [1.29, 1.82) is 5.26 Å². The fourth-order valence-electron chi connectivity index (χ4n) is 4.71. The minimum absolute atomic E-state index is 0.0276. The summed E-state index contributed by atoms with van der Waals surface area (Å²) in [6.07, 6.45) is 8.47. The molecule has 2 aliphatic rings.